The van der Waals surface area contributed by atoms with Crippen molar-refractivity contribution >= 4 is 29.3 Å². The van der Waals surface area contributed by atoms with Gasteiger partial charge in [0.05, 0.1) is 11.1 Å². The van der Waals surface area contributed by atoms with Gasteiger partial charge in [-0.05, 0) is 35.9 Å². The first kappa shape index (κ1) is 16.1. The van der Waals surface area contributed by atoms with Crippen LogP contribution in [0.1, 0.15) is 32.7 Å². The van der Waals surface area contributed by atoms with Gasteiger partial charge in [-0.15, -0.1) is 0 Å². The Morgan fingerprint density at radius 1 is 1.08 bits per heavy atom. The lowest BCUT2D eigenvalue weighted by molar-refractivity contribution is -0.121. The summed E-state index contributed by atoms with van der Waals surface area (Å²) in [6, 6.07) is 8.17. The highest BCUT2D eigenvalue weighted by atomic mass is 35.5. The second-order valence-electron chi connectivity index (χ2n) is 5.33. The van der Waals surface area contributed by atoms with E-state index in [2.05, 4.69) is 10.3 Å². The van der Waals surface area contributed by atoms with Crippen LogP contribution in [0.4, 0.5) is 0 Å². The van der Waals surface area contributed by atoms with Gasteiger partial charge in [0, 0.05) is 36.9 Å². The number of rotatable bonds is 5. The van der Waals surface area contributed by atoms with Gasteiger partial charge in [0.1, 0.15) is 0 Å². The summed E-state index contributed by atoms with van der Waals surface area (Å²) in [7, 11) is 0. The molecule has 1 aromatic heterocycles. The first-order valence-electron chi connectivity index (χ1n) is 7.37. The Labute approximate surface area is 143 Å². The highest BCUT2D eigenvalue weighted by molar-refractivity contribution is 6.32. The monoisotopic (exact) mass is 343 g/mol. The van der Waals surface area contributed by atoms with E-state index in [-0.39, 0.29) is 24.4 Å². The summed E-state index contributed by atoms with van der Waals surface area (Å²) >= 11 is 5.86. The first-order valence-corrected chi connectivity index (χ1v) is 7.75. The minimum absolute atomic E-state index is 0.0339. The Balaban J connectivity index is 1.56. The summed E-state index contributed by atoms with van der Waals surface area (Å²) < 4.78 is 0. The molecule has 6 nitrogen and oxygen atoms in total. The summed E-state index contributed by atoms with van der Waals surface area (Å²) in [4.78, 5) is 41.4. The lowest BCUT2D eigenvalue weighted by Crippen LogP contribution is -2.34. The molecule has 0 fully saturated rings. The number of pyridine rings is 1. The molecule has 0 bridgehead atoms. The van der Waals surface area contributed by atoms with Crippen molar-refractivity contribution in [1.82, 2.24) is 15.2 Å². The van der Waals surface area contributed by atoms with Crippen LogP contribution in [0.25, 0.3) is 0 Å². The number of carbonyl (C=O) groups excluding carboxylic acids is 3. The third-order valence-corrected chi connectivity index (χ3v) is 3.97. The Hall–Kier alpha value is -2.73. The number of imide groups is 1. The molecule has 1 N–H and O–H groups in total. The average Bonchev–Trinajstić information content (AvgIpc) is 2.82. The maximum Gasteiger partial charge on any atom is 0.261 e. The standard InChI is InChI=1S/C17H14ClN3O3/c18-12-1-2-13-14(9-12)17(24)21(16(13)23)8-5-15(22)20-10-11-3-6-19-7-4-11/h1-4,6-7,9H,5,8,10H2,(H,20,22). The second-order valence-corrected chi connectivity index (χ2v) is 5.77. The van der Waals surface area contributed by atoms with E-state index in [1.807, 2.05) is 0 Å². The zero-order chi connectivity index (χ0) is 17.1. The van der Waals surface area contributed by atoms with E-state index in [1.165, 1.54) is 12.1 Å². The fourth-order valence-electron chi connectivity index (χ4n) is 2.47. The fraction of sp³-hybridized carbons (Fsp3) is 0.176. The van der Waals surface area contributed by atoms with Gasteiger partial charge in [0.2, 0.25) is 5.91 Å². The van der Waals surface area contributed by atoms with E-state index in [0.29, 0.717) is 17.1 Å². The summed E-state index contributed by atoms with van der Waals surface area (Å²) in [6.45, 7) is 0.408. The largest absolute Gasteiger partial charge is 0.352 e. The van der Waals surface area contributed by atoms with Gasteiger partial charge in [0.15, 0.2) is 0 Å². The average molecular weight is 344 g/mol. The molecule has 1 aromatic carbocycles. The van der Waals surface area contributed by atoms with E-state index < -0.39 is 11.8 Å². The zero-order valence-electron chi connectivity index (χ0n) is 12.7. The first-order chi connectivity index (χ1) is 11.6. The molecule has 2 aromatic rings. The molecule has 2 heterocycles. The summed E-state index contributed by atoms with van der Waals surface area (Å²) in [5.74, 6) is -1.05. The lowest BCUT2D eigenvalue weighted by atomic mass is 10.1. The quantitative estimate of drug-likeness (QED) is 0.842. The Bertz CT molecular complexity index is 808. The molecule has 0 saturated carbocycles. The molecule has 0 radical (unpaired) electrons. The third-order valence-electron chi connectivity index (χ3n) is 3.73. The fourth-order valence-corrected chi connectivity index (χ4v) is 2.64. The van der Waals surface area contributed by atoms with Crippen LogP contribution in [0.5, 0.6) is 0 Å². The minimum atomic E-state index is -0.417. The van der Waals surface area contributed by atoms with Crippen LogP contribution in [0.2, 0.25) is 5.02 Å². The molecule has 122 valence electrons. The Morgan fingerprint density at radius 3 is 2.54 bits per heavy atom. The van der Waals surface area contributed by atoms with Crippen molar-refractivity contribution in [2.24, 2.45) is 0 Å². The van der Waals surface area contributed by atoms with E-state index in [9.17, 15) is 14.4 Å². The molecule has 7 heteroatoms. The van der Waals surface area contributed by atoms with Gasteiger partial charge in [0.25, 0.3) is 11.8 Å². The van der Waals surface area contributed by atoms with Crippen molar-refractivity contribution in [3.8, 4) is 0 Å². The molecule has 3 rings (SSSR count). The van der Waals surface area contributed by atoms with E-state index in [1.54, 1.807) is 30.6 Å². The van der Waals surface area contributed by atoms with E-state index in [4.69, 9.17) is 11.6 Å². The predicted molar refractivity (Wildman–Crippen MR) is 87.5 cm³/mol. The smallest absolute Gasteiger partial charge is 0.261 e. The molecule has 3 amide bonds. The van der Waals surface area contributed by atoms with Gasteiger partial charge in [-0.2, -0.15) is 0 Å². The molecular formula is C17H14ClN3O3. The molecule has 0 unspecified atom stereocenters. The summed E-state index contributed by atoms with van der Waals surface area (Å²) in [6.07, 6.45) is 3.33. The number of fused-ring (bicyclic) bond motifs is 1. The van der Waals surface area contributed by atoms with Crippen LogP contribution >= 0.6 is 11.6 Å². The Morgan fingerprint density at radius 2 is 1.79 bits per heavy atom. The van der Waals surface area contributed by atoms with Gasteiger partial charge in [-0.25, -0.2) is 0 Å². The van der Waals surface area contributed by atoms with E-state index >= 15 is 0 Å². The van der Waals surface area contributed by atoms with Crippen LogP contribution in [0, 0.1) is 0 Å². The van der Waals surface area contributed by atoms with Crippen molar-refractivity contribution in [3.63, 3.8) is 0 Å². The van der Waals surface area contributed by atoms with Crippen molar-refractivity contribution in [2.75, 3.05) is 6.54 Å². The number of benzene rings is 1. The normalized spacial score (nSPS) is 13.1. The highest BCUT2D eigenvalue weighted by Gasteiger charge is 2.35. The highest BCUT2D eigenvalue weighted by Crippen LogP contribution is 2.25. The van der Waals surface area contributed by atoms with Crippen LogP contribution < -0.4 is 5.32 Å². The SMILES string of the molecule is O=C(CCN1C(=O)c2ccc(Cl)cc2C1=O)NCc1ccncc1. The van der Waals surface area contributed by atoms with Crippen LogP contribution in [-0.2, 0) is 11.3 Å². The second kappa shape index (κ2) is 6.80. The van der Waals surface area contributed by atoms with Crippen molar-refractivity contribution < 1.29 is 14.4 Å². The molecule has 1 aliphatic rings. The maximum atomic E-state index is 12.3. The van der Waals surface area contributed by atoms with Crippen LogP contribution in [0.15, 0.2) is 42.7 Å². The Kier molecular flexibility index (Phi) is 4.57. The van der Waals surface area contributed by atoms with Gasteiger partial charge in [-0.3, -0.25) is 24.3 Å². The van der Waals surface area contributed by atoms with Crippen LogP contribution in [0.3, 0.4) is 0 Å². The summed E-state index contributed by atoms with van der Waals surface area (Å²) in [5.41, 5.74) is 1.53. The molecular weight excluding hydrogens is 330 g/mol. The number of nitrogens with one attached hydrogen (secondary N) is 1. The lowest BCUT2D eigenvalue weighted by Gasteiger charge is -2.13. The van der Waals surface area contributed by atoms with Crippen molar-refractivity contribution in [1.29, 1.82) is 0 Å². The number of halogens is 1. The summed E-state index contributed by atoms with van der Waals surface area (Å²) in [5, 5.41) is 3.14. The molecule has 0 saturated heterocycles. The number of hydrogen-bond acceptors (Lipinski definition) is 4. The molecule has 24 heavy (non-hydrogen) atoms. The number of hydrogen-bond donors (Lipinski definition) is 1. The molecule has 0 aliphatic carbocycles. The molecule has 0 spiro atoms. The molecule has 1 aliphatic heterocycles. The van der Waals surface area contributed by atoms with E-state index in [0.717, 1.165) is 10.5 Å². The predicted octanol–water partition coefficient (Wildman–Crippen LogP) is 2.04. The number of amides is 3. The maximum absolute atomic E-state index is 12.3. The van der Waals surface area contributed by atoms with Gasteiger partial charge < -0.3 is 5.32 Å². The van der Waals surface area contributed by atoms with Gasteiger partial charge >= 0.3 is 0 Å². The number of carbonyl (C=O) groups is 3. The minimum Gasteiger partial charge on any atom is -0.352 e. The van der Waals surface area contributed by atoms with Crippen molar-refractivity contribution in [3.05, 3.63) is 64.4 Å². The number of nitrogens with zero attached hydrogens (tertiary/aromatic N) is 2. The van der Waals surface area contributed by atoms with Crippen LogP contribution in [-0.4, -0.2) is 34.2 Å². The third kappa shape index (κ3) is 3.28. The zero-order valence-corrected chi connectivity index (χ0v) is 13.4. The topological polar surface area (TPSA) is 79.4 Å². The van der Waals surface area contributed by atoms with Gasteiger partial charge in [-0.1, -0.05) is 11.6 Å². The number of aromatic nitrogens is 1. The molecule has 0 atom stereocenters. The van der Waals surface area contributed by atoms with Crippen molar-refractivity contribution in [2.45, 2.75) is 13.0 Å².